The third-order valence-electron chi connectivity index (χ3n) is 3.02. The molecule has 0 saturated carbocycles. The molecule has 20 heavy (non-hydrogen) atoms. The van der Waals surface area contributed by atoms with Crippen LogP contribution in [0, 0.1) is 0 Å². The molecule has 0 aliphatic carbocycles. The van der Waals surface area contributed by atoms with Gasteiger partial charge in [-0.25, -0.2) is 9.48 Å². The number of hydrogen-bond donors (Lipinski definition) is 1. The molecule has 0 aliphatic rings. The predicted molar refractivity (Wildman–Crippen MR) is 77.6 cm³/mol. The molecule has 1 aromatic heterocycles. The fraction of sp³-hybridized carbons (Fsp3) is 0.0714. The molecule has 0 bridgehead atoms. The van der Waals surface area contributed by atoms with Gasteiger partial charge in [-0.15, -0.1) is 16.9 Å². The van der Waals surface area contributed by atoms with Crippen molar-refractivity contribution in [2.75, 3.05) is 6.26 Å². The van der Waals surface area contributed by atoms with Gasteiger partial charge < -0.3 is 5.11 Å². The van der Waals surface area contributed by atoms with Crippen molar-refractivity contribution in [1.29, 1.82) is 0 Å². The first-order valence-corrected chi connectivity index (χ1v) is 7.15. The van der Waals surface area contributed by atoms with Crippen molar-refractivity contribution in [3.05, 3.63) is 48.0 Å². The van der Waals surface area contributed by atoms with Gasteiger partial charge in [-0.05, 0) is 42.7 Å². The molecule has 0 unspecified atom stereocenters. The molecule has 1 heterocycles. The fourth-order valence-electron chi connectivity index (χ4n) is 2.05. The summed E-state index contributed by atoms with van der Waals surface area (Å²) < 4.78 is 1.56. The molecule has 1 N–H and O–H groups in total. The number of carboxylic acids is 1. The van der Waals surface area contributed by atoms with E-state index >= 15 is 0 Å². The van der Waals surface area contributed by atoms with Crippen LogP contribution in [0.25, 0.3) is 16.7 Å². The van der Waals surface area contributed by atoms with Gasteiger partial charge in [0, 0.05) is 4.90 Å². The Bertz CT molecular complexity index is 781. The van der Waals surface area contributed by atoms with Crippen molar-refractivity contribution in [3.8, 4) is 5.69 Å². The summed E-state index contributed by atoms with van der Waals surface area (Å²) in [5.74, 6) is -0.986. The van der Waals surface area contributed by atoms with Crippen LogP contribution < -0.4 is 0 Å². The van der Waals surface area contributed by atoms with Crippen molar-refractivity contribution >= 4 is 28.8 Å². The highest BCUT2D eigenvalue weighted by Crippen LogP contribution is 2.22. The summed E-state index contributed by atoms with van der Waals surface area (Å²) in [5.41, 5.74) is 2.07. The maximum Gasteiger partial charge on any atom is 0.337 e. The van der Waals surface area contributed by atoms with Gasteiger partial charge in [-0.1, -0.05) is 11.3 Å². The second-order valence-electron chi connectivity index (χ2n) is 4.18. The van der Waals surface area contributed by atoms with Crippen LogP contribution in [0.15, 0.2) is 47.4 Å². The minimum absolute atomic E-state index is 0.196. The van der Waals surface area contributed by atoms with Crippen LogP contribution in [-0.2, 0) is 0 Å². The number of fused-ring (bicyclic) bond motifs is 1. The first-order valence-electron chi connectivity index (χ1n) is 5.93. The van der Waals surface area contributed by atoms with Crippen molar-refractivity contribution in [3.63, 3.8) is 0 Å². The summed E-state index contributed by atoms with van der Waals surface area (Å²) >= 11 is 1.65. The minimum Gasteiger partial charge on any atom is -0.478 e. The zero-order valence-corrected chi connectivity index (χ0v) is 11.5. The summed E-state index contributed by atoms with van der Waals surface area (Å²) in [6, 6.07) is 12.7. The Balaban J connectivity index is 2.22. The van der Waals surface area contributed by atoms with E-state index in [0.29, 0.717) is 11.0 Å². The SMILES string of the molecule is CSc1ccc(-n2nnc3cccc(C(=O)O)c32)cc1. The molecule has 0 aliphatic heterocycles. The maximum absolute atomic E-state index is 11.3. The van der Waals surface area contributed by atoms with Crippen LogP contribution in [0.3, 0.4) is 0 Å². The average Bonchev–Trinajstić information content (AvgIpc) is 2.91. The van der Waals surface area contributed by atoms with Gasteiger partial charge in [-0.3, -0.25) is 0 Å². The van der Waals surface area contributed by atoms with Crippen LogP contribution in [0.4, 0.5) is 0 Å². The largest absolute Gasteiger partial charge is 0.478 e. The lowest BCUT2D eigenvalue weighted by atomic mass is 10.2. The van der Waals surface area contributed by atoms with E-state index in [4.69, 9.17) is 0 Å². The number of para-hydroxylation sites is 1. The van der Waals surface area contributed by atoms with E-state index in [2.05, 4.69) is 10.3 Å². The number of nitrogens with zero attached hydrogens (tertiary/aromatic N) is 3. The van der Waals surface area contributed by atoms with E-state index in [1.165, 1.54) is 0 Å². The van der Waals surface area contributed by atoms with Crippen molar-refractivity contribution in [1.82, 2.24) is 15.0 Å². The number of benzene rings is 2. The number of rotatable bonds is 3. The summed E-state index contributed by atoms with van der Waals surface area (Å²) in [6.45, 7) is 0. The van der Waals surface area contributed by atoms with E-state index in [9.17, 15) is 9.90 Å². The number of thioether (sulfide) groups is 1. The summed E-state index contributed by atoms with van der Waals surface area (Å²) in [6.07, 6.45) is 2.00. The third-order valence-corrected chi connectivity index (χ3v) is 3.76. The van der Waals surface area contributed by atoms with Crippen LogP contribution in [0.2, 0.25) is 0 Å². The van der Waals surface area contributed by atoms with Crippen LogP contribution in [0.5, 0.6) is 0 Å². The lowest BCUT2D eigenvalue weighted by molar-refractivity contribution is 0.0698. The van der Waals surface area contributed by atoms with E-state index in [0.717, 1.165) is 10.6 Å². The molecule has 0 atom stereocenters. The molecule has 0 fully saturated rings. The van der Waals surface area contributed by atoms with Gasteiger partial charge >= 0.3 is 5.97 Å². The Hall–Kier alpha value is -2.34. The topological polar surface area (TPSA) is 68.0 Å². The second-order valence-corrected chi connectivity index (χ2v) is 5.06. The maximum atomic E-state index is 11.3. The van der Waals surface area contributed by atoms with Gasteiger partial charge in [0.2, 0.25) is 0 Å². The number of carboxylic acid groups (broad SMARTS) is 1. The fourth-order valence-corrected chi connectivity index (χ4v) is 2.46. The van der Waals surface area contributed by atoms with Crippen molar-refractivity contribution in [2.45, 2.75) is 4.90 Å². The van der Waals surface area contributed by atoms with Gasteiger partial charge in [-0.2, -0.15) is 0 Å². The van der Waals surface area contributed by atoms with Crippen LogP contribution in [-0.4, -0.2) is 32.3 Å². The monoisotopic (exact) mass is 285 g/mol. The van der Waals surface area contributed by atoms with Gasteiger partial charge in [0.1, 0.15) is 11.0 Å². The number of aromatic nitrogens is 3. The Morgan fingerprint density at radius 3 is 2.60 bits per heavy atom. The molecule has 0 saturated heterocycles. The zero-order valence-electron chi connectivity index (χ0n) is 10.6. The standard InChI is InChI=1S/C14H11N3O2S/c1-20-10-7-5-9(6-8-10)17-13-11(14(18)19)3-2-4-12(13)15-16-17/h2-8H,1H3,(H,18,19). The van der Waals surface area contributed by atoms with Gasteiger partial charge in [0.05, 0.1) is 11.3 Å². The summed E-state index contributed by atoms with van der Waals surface area (Å²) in [7, 11) is 0. The highest BCUT2D eigenvalue weighted by Gasteiger charge is 2.15. The Labute approximate surface area is 119 Å². The first-order chi connectivity index (χ1) is 9.70. The molecule has 0 radical (unpaired) electrons. The van der Waals surface area contributed by atoms with Gasteiger partial charge in [0.25, 0.3) is 0 Å². The predicted octanol–water partition coefficient (Wildman–Crippen LogP) is 2.84. The molecule has 3 rings (SSSR count). The molecule has 0 amide bonds. The van der Waals surface area contributed by atoms with E-state index in [1.807, 2.05) is 30.5 Å². The molecule has 6 heteroatoms. The normalized spacial score (nSPS) is 10.8. The average molecular weight is 285 g/mol. The molecule has 2 aromatic carbocycles. The lowest BCUT2D eigenvalue weighted by Crippen LogP contribution is -2.03. The quantitative estimate of drug-likeness (QED) is 0.749. The van der Waals surface area contributed by atoms with E-state index in [-0.39, 0.29) is 5.56 Å². The molecular formula is C14H11N3O2S. The smallest absolute Gasteiger partial charge is 0.337 e. The van der Waals surface area contributed by atoms with Gasteiger partial charge in [0.15, 0.2) is 0 Å². The highest BCUT2D eigenvalue weighted by atomic mass is 32.2. The molecule has 100 valence electrons. The number of aromatic carboxylic acids is 1. The Morgan fingerprint density at radius 1 is 1.20 bits per heavy atom. The van der Waals surface area contributed by atoms with Crippen molar-refractivity contribution in [2.24, 2.45) is 0 Å². The van der Waals surface area contributed by atoms with Crippen LogP contribution >= 0.6 is 11.8 Å². The van der Waals surface area contributed by atoms with E-state index in [1.54, 1.807) is 34.6 Å². The molecule has 3 aromatic rings. The number of carbonyl (C=O) groups is 1. The first kappa shape index (κ1) is 12.7. The third kappa shape index (κ3) is 2.04. The van der Waals surface area contributed by atoms with Crippen molar-refractivity contribution < 1.29 is 9.90 Å². The molecule has 5 nitrogen and oxygen atoms in total. The highest BCUT2D eigenvalue weighted by molar-refractivity contribution is 7.98. The molecular weight excluding hydrogens is 274 g/mol. The lowest BCUT2D eigenvalue weighted by Gasteiger charge is -2.05. The second kappa shape index (κ2) is 4.97. The summed E-state index contributed by atoms with van der Waals surface area (Å²) in [5, 5.41) is 17.4. The minimum atomic E-state index is -0.986. The zero-order chi connectivity index (χ0) is 14.1. The number of hydrogen-bond acceptors (Lipinski definition) is 4. The molecule has 0 spiro atoms. The van der Waals surface area contributed by atoms with Crippen LogP contribution in [0.1, 0.15) is 10.4 Å². The Morgan fingerprint density at radius 2 is 1.95 bits per heavy atom. The Kier molecular flexibility index (Phi) is 3.15. The summed E-state index contributed by atoms with van der Waals surface area (Å²) in [4.78, 5) is 12.5. The van der Waals surface area contributed by atoms with E-state index < -0.39 is 5.97 Å².